The summed E-state index contributed by atoms with van der Waals surface area (Å²) >= 11 is 6.27. The largest absolute Gasteiger partial charge is 0.508 e. The van der Waals surface area contributed by atoms with Crippen LogP contribution in [0.1, 0.15) is 135 Å². The van der Waals surface area contributed by atoms with Gasteiger partial charge in [0.05, 0.1) is 19.2 Å². The van der Waals surface area contributed by atoms with Crippen LogP contribution in [0, 0.1) is 5.92 Å². The molecule has 10 amide bonds. The van der Waals surface area contributed by atoms with Crippen LogP contribution < -0.4 is 74.9 Å². The number of rotatable bonds is 45. The first-order chi connectivity index (χ1) is 54.3. The van der Waals surface area contributed by atoms with E-state index in [4.69, 9.17) is 17.3 Å². The molecule has 0 radical (unpaired) electrons. The number of aromatic hydroxyl groups is 1. The van der Waals surface area contributed by atoms with E-state index in [-0.39, 0.29) is 82.5 Å². The number of aliphatic hydroxyl groups excluding tert-OH is 1. The van der Waals surface area contributed by atoms with Crippen molar-refractivity contribution in [3.05, 3.63) is 143 Å². The van der Waals surface area contributed by atoms with Gasteiger partial charge in [-0.15, -0.1) is 0 Å². The number of ketones is 1. The predicted molar refractivity (Wildman–Crippen MR) is 434 cm³/mol. The molecule has 5 aromatic rings. The van der Waals surface area contributed by atoms with Crippen molar-refractivity contribution in [1.29, 1.82) is 0 Å². The zero-order valence-corrected chi connectivity index (χ0v) is 66.8. The van der Waals surface area contributed by atoms with Crippen LogP contribution in [0.5, 0.6) is 5.75 Å². The molecule has 6 rings (SSSR count). The number of aromatic nitrogens is 1. The van der Waals surface area contributed by atoms with Crippen molar-refractivity contribution in [3.8, 4) is 5.75 Å². The number of aliphatic imine (C=N–C) groups is 2. The maximum Gasteiger partial charge on any atom is 0.245 e. The van der Waals surface area contributed by atoms with E-state index in [2.05, 4.69) is 84.1 Å². The molecule has 1 aromatic heterocycles. The topological polar surface area (TPSA) is 451 Å². The lowest BCUT2D eigenvalue weighted by molar-refractivity contribution is -0.142. The summed E-state index contributed by atoms with van der Waals surface area (Å²) in [4.78, 5) is 173. The van der Waals surface area contributed by atoms with Gasteiger partial charge in [-0.05, 0) is 162 Å². The molecule has 1 aliphatic heterocycles. The monoisotopic (exact) mass is 1580 g/mol. The lowest BCUT2D eigenvalue weighted by atomic mass is 9.99. The Hall–Kier alpha value is -10.8. The van der Waals surface area contributed by atoms with E-state index in [0.29, 0.717) is 104 Å². The molecule has 0 bridgehead atoms. The van der Waals surface area contributed by atoms with Gasteiger partial charge in [0.15, 0.2) is 17.7 Å². The Morgan fingerprint density at radius 1 is 0.522 bits per heavy atom. The van der Waals surface area contributed by atoms with Gasteiger partial charge in [-0.3, -0.25) is 67.7 Å². The number of fused-ring (bicyclic) bond motifs is 1. The van der Waals surface area contributed by atoms with Gasteiger partial charge in [0.2, 0.25) is 59.1 Å². The van der Waals surface area contributed by atoms with Crippen molar-refractivity contribution >= 4 is 99.1 Å². The Bertz CT molecular complexity index is 3990. The number of amides is 10. The zero-order valence-electron chi connectivity index (χ0n) is 66.0. The van der Waals surface area contributed by atoms with Crippen LogP contribution in [0.25, 0.3) is 10.8 Å². The number of carbonyl (C=O) groups is 11. The van der Waals surface area contributed by atoms with E-state index >= 15 is 9.59 Å². The van der Waals surface area contributed by atoms with Crippen LogP contribution in [-0.4, -0.2) is 216 Å². The van der Waals surface area contributed by atoms with E-state index in [1.54, 1.807) is 36.4 Å². The number of hydrogen-bond donors (Lipinski definition) is 16. The Kier molecular flexibility index (Phi) is 38.9. The minimum absolute atomic E-state index is 0.0354. The number of nitrogens with two attached hydrogens (primary N) is 1. The first kappa shape index (κ1) is 91.1. The normalized spacial score (nSPS) is 14.8. The highest BCUT2D eigenvalue weighted by Crippen LogP contribution is 2.23. The standard InChI is InChI=1S/C81H115ClN18O13/c1-9-85-80(86-10-2)89-38-17-15-24-61(71(105)95-63(41-50(5)6)72(106)94-62(25-16-18-39-90-81(87-11-3)88-12-4)79(113)100-40-20-26-69(100)78(112)91-51(7)70(104)47-83)93-74(108)65(44-54-30-35-60(103)36-31-54)98-77(111)68(49-101)99-76(110)67(46-56-21-19-37-84-48-56)97-75(109)66(43-53-28-33-59(82)34-29-53)96-73(107)64(92-52(8)102)45-55-27-32-57-22-13-14-23-58(57)42-55/h13-14,19,21-23,27-37,42,48,50-51,61-69,101,103H,9-12,15-18,20,24-26,38-41,43-47,49,83H2,1-8H3,(H,91,112)(H,92,102)(H,93,108)(H,94,106)(H,95,105)(H,96,107)(H,97,109)(H,98,111)(H,99,110)(H2,85,86,89)(H2,87,88,90)/t51-,61+,62+,63-,64+,65-,66+,67+,68-,69-/m0/s1. The number of likely N-dealkylation sites (tertiary alicyclic amines) is 1. The molecule has 0 aliphatic carbocycles. The smallest absolute Gasteiger partial charge is 0.245 e. The number of unbranched alkanes of at least 4 members (excludes halogenated alkanes) is 2. The number of nitrogens with one attached hydrogen (secondary N) is 13. The molecule has 4 aromatic carbocycles. The Morgan fingerprint density at radius 2 is 0.973 bits per heavy atom. The Labute approximate surface area is 666 Å². The summed E-state index contributed by atoms with van der Waals surface area (Å²) in [6.45, 7) is 16.1. The fraction of sp³-hybridized carbons (Fsp3) is 0.506. The van der Waals surface area contributed by atoms with E-state index in [1.165, 1.54) is 55.4 Å². The molecule has 0 unspecified atom stereocenters. The van der Waals surface area contributed by atoms with Crippen LogP contribution in [0.2, 0.25) is 5.02 Å². The van der Waals surface area contributed by atoms with Gasteiger partial charge >= 0.3 is 0 Å². The predicted octanol–water partition coefficient (Wildman–Crippen LogP) is 2.32. The average molecular weight is 1580 g/mol. The quantitative estimate of drug-likeness (QED) is 0.0151. The SMILES string of the molecule is CCNC(=NCCCC[C@@H](NC(=O)[C@H](Cc1ccc(O)cc1)NC(=O)[C@H](CO)NC(=O)[C@@H](Cc1cccnc1)NC(=O)[C@@H](Cc1ccc(Cl)cc1)NC(=O)[C@@H](Cc1ccc2ccccc2c1)NC(C)=O)C(=O)N[C@@H](CC(C)C)C(=O)N[C@H](CCCCN=C(NCC)NCC)C(=O)N1CCC[C@H]1C(=O)N[C@@H](C)C(=O)CN)NCC. The summed E-state index contributed by atoms with van der Waals surface area (Å²) in [5.41, 5.74) is 7.73. The number of nitrogens with zero attached hydrogens (tertiary/aromatic N) is 4. The molecule has 1 aliphatic rings. The van der Waals surface area contributed by atoms with Crippen molar-refractivity contribution in [1.82, 2.24) is 79.0 Å². The first-order valence-corrected chi connectivity index (χ1v) is 39.4. The molecular weight excluding hydrogens is 1470 g/mol. The Morgan fingerprint density at radius 3 is 1.49 bits per heavy atom. The molecule has 1 fully saturated rings. The van der Waals surface area contributed by atoms with Crippen molar-refractivity contribution in [2.75, 3.05) is 59.0 Å². The summed E-state index contributed by atoms with van der Waals surface area (Å²) in [6, 6.07) is 15.4. The molecule has 0 spiro atoms. The molecule has 10 atom stereocenters. The number of halogens is 1. The molecule has 32 heteroatoms. The second-order valence-electron chi connectivity index (χ2n) is 28.3. The van der Waals surface area contributed by atoms with Crippen molar-refractivity contribution in [3.63, 3.8) is 0 Å². The lowest BCUT2D eigenvalue weighted by Crippen LogP contribution is -2.61. The number of pyridine rings is 1. The minimum Gasteiger partial charge on any atom is -0.508 e. The van der Waals surface area contributed by atoms with Crippen LogP contribution >= 0.6 is 11.6 Å². The zero-order chi connectivity index (χ0) is 82.4. The van der Waals surface area contributed by atoms with Crippen molar-refractivity contribution in [2.45, 2.75) is 199 Å². The highest BCUT2D eigenvalue weighted by atomic mass is 35.5. The molecule has 2 heterocycles. The lowest BCUT2D eigenvalue weighted by Gasteiger charge is -2.31. The summed E-state index contributed by atoms with van der Waals surface area (Å²) in [5.74, 6) is -7.30. The van der Waals surface area contributed by atoms with Crippen molar-refractivity contribution in [2.24, 2.45) is 21.6 Å². The van der Waals surface area contributed by atoms with Crippen LogP contribution in [0.15, 0.2) is 126 Å². The molecule has 0 saturated carbocycles. The summed E-state index contributed by atoms with van der Waals surface area (Å²) in [6.07, 6.45) is 4.81. The van der Waals surface area contributed by atoms with Crippen LogP contribution in [0.4, 0.5) is 0 Å². The average Bonchev–Trinajstić information content (AvgIpc) is 1.72. The third-order valence-electron chi connectivity index (χ3n) is 18.7. The van der Waals surface area contributed by atoms with Gasteiger partial charge in [0, 0.05) is 95.8 Å². The van der Waals surface area contributed by atoms with Gasteiger partial charge < -0.3 is 90.0 Å². The number of carbonyl (C=O) groups excluding carboxylic acids is 11. The number of phenolic OH excluding ortho intramolecular Hbond substituents is 1. The van der Waals surface area contributed by atoms with E-state index in [0.717, 1.165) is 10.8 Å². The summed E-state index contributed by atoms with van der Waals surface area (Å²) in [5, 5.41) is 61.1. The van der Waals surface area contributed by atoms with Crippen molar-refractivity contribution < 1.29 is 63.0 Å². The molecule has 614 valence electrons. The minimum atomic E-state index is -1.82. The number of guanidine groups is 2. The highest BCUT2D eigenvalue weighted by Gasteiger charge is 2.40. The number of Topliss-reactive ketones (excluding diaryl/α,β-unsaturated/α-hetero) is 1. The van der Waals surface area contributed by atoms with E-state index in [1.807, 2.05) is 84.0 Å². The van der Waals surface area contributed by atoms with Crippen LogP contribution in [-0.2, 0) is 78.4 Å². The maximum absolute atomic E-state index is 15.2. The van der Waals surface area contributed by atoms with Gasteiger partial charge in [0.25, 0.3) is 0 Å². The van der Waals surface area contributed by atoms with E-state index in [9.17, 15) is 53.4 Å². The third kappa shape index (κ3) is 31.0. The second kappa shape index (κ2) is 48.2. The third-order valence-corrected chi connectivity index (χ3v) is 19.0. The van der Waals surface area contributed by atoms with Gasteiger partial charge in [-0.2, -0.15) is 0 Å². The van der Waals surface area contributed by atoms with E-state index < -0.39 is 132 Å². The summed E-state index contributed by atoms with van der Waals surface area (Å²) in [7, 11) is 0. The molecular formula is C81H115ClN18O13. The molecule has 1 saturated heterocycles. The van der Waals surface area contributed by atoms with Crippen LogP contribution in [0.3, 0.4) is 0 Å². The molecule has 113 heavy (non-hydrogen) atoms. The second-order valence-corrected chi connectivity index (χ2v) is 28.7. The van der Waals surface area contributed by atoms with Gasteiger partial charge in [0.1, 0.15) is 60.1 Å². The Balaban J connectivity index is 1.29. The number of phenols is 1. The molecule has 31 nitrogen and oxygen atoms in total. The first-order valence-electron chi connectivity index (χ1n) is 39.0. The summed E-state index contributed by atoms with van der Waals surface area (Å²) < 4.78 is 0. The maximum atomic E-state index is 15.2. The molecule has 17 N–H and O–H groups in total. The van der Waals surface area contributed by atoms with Gasteiger partial charge in [-0.25, -0.2) is 0 Å². The number of aliphatic hydroxyl groups is 1. The fourth-order valence-corrected chi connectivity index (χ4v) is 13.0. The fourth-order valence-electron chi connectivity index (χ4n) is 12.9. The number of hydrogen-bond acceptors (Lipinski definition) is 17. The number of benzene rings is 4. The highest BCUT2D eigenvalue weighted by molar-refractivity contribution is 6.30. The van der Waals surface area contributed by atoms with Gasteiger partial charge in [-0.1, -0.05) is 98.2 Å².